The first-order chi connectivity index (χ1) is 9.10. The Morgan fingerprint density at radius 3 is 2.68 bits per heavy atom. The second kappa shape index (κ2) is 5.67. The number of pyridine rings is 2. The topological polar surface area (TPSA) is 66.9 Å². The van der Waals surface area contributed by atoms with Gasteiger partial charge in [-0.15, -0.1) is 0 Å². The number of anilines is 2. The molecular formula is C13H13ClN4O. The minimum absolute atomic E-state index is 0.297. The molecule has 19 heavy (non-hydrogen) atoms. The molecule has 2 N–H and O–H groups in total. The molecule has 2 rings (SSSR count). The summed E-state index contributed by atoms with van der Waals surface area (Å²) in [6.07, 6.45) is 3.04. The van der Waals surface area contributed by atoms with Gasteiger partial charge >= 0.3 is 0 Å². The minimum atomic E-state index is -0.297. The molecule has 98 valence electrons. The Morgan fingerprint density at radius 1 is 1.26 bits per heavy atom. The maximum absolute atomic E-state index is 12.1. The lowest BCUT2D eigenvalue weighted by Crippen LogP contribution is -2.13. The molecule has 0 saturated heterocycles. The molecule has 0 aromatic carbocycles. The van der Waals surface area contributed by atoms with Gasteiger partial charge < -0.3 is 10.6 Å². The maximum Gasteiger partial charge on any atom is 0.257 e. The van der Waals surface area contributed by atoms with Crippen molar-refractivity contribution < 1.29 is 4.79 Å². The molecule has 0 aliphatic carbocycles. The molecule has 1 amide bonds. The summed E-state index contributed by atoms with van der Waals surface area (Å²) in [6.45, 7) is 1.88. The first-order valence-corrected chi connectivity index (χ1v) is 6.05. The fourth-order valence-corrected chi connectivity index (χ4v) is 1.68. The number of hydrogen-bond donors (Lipinski definition) is 2. The van der Waals surface area contributed by atoms with Gasteiger partial charge in [0.25, 0.3) is 5.91 Å². The van der Waals surface area contributed by atoms with Crippen LogP contribution in [0.3, 0.4) is 0 Å². The third-order valence-electron chi connectivity index (χ3n) is 2.53. The van der Waals surface area contributed by atoms with Crippen LogP contribution in [0, 0.1) is 6.92 Å². The molecule has 2 heterocycles. The quantitative estimate of drug-likeness (QED) is 0.905. The summed E-state index contributed by atoms with van der Waals surface area (Å²) in [7, 11) is 1.72. The second-order valence-corrected chi connectivity index (χ2v) is 4.35. The average molecular weight is 277 g/mol. The highest BCUT2D eigenvalue weighted by molar-refractivity contribution is 6.34. The van der Waals surface area contributed by atoms with Crippen LogP contribution in [-0.4, -0.2) is 22.9 Å². The van der Waals surface area contributed by atoms with Crippen LogP contribution in [0.25, 0.3) is 0 Å². The molecule has 2 aromatic rings. The fraction of sp³-hybridized carbons (Fsp3) is 0.154. The Kier molecular flexibility index (Phi) is 3.97. The lowest BCUT2D eigenvalue weighted by Gasteiger charge is -2.08. The first kappa shape index (κ1) is 13.3. The van der Waals surface area contributed by atoms with Crippen LogP contribution in [0.15, 0.2) is 30.6 Å². The summed E-state index contributed by atoms with van der Waals surface area (Å²) in [6, 6.07) is 5.20. The van der Waals surface area contributed by atoms with Crippen LogP contribution < -0.4 is 10.6 Å². The van der Waals surface area contributed by atoms with Gasteiger partial charge in [0.1, 0.15) is 5.82 Å². The van der Waals surface area contributed by atoms with Gasteiger partial charge in [0.05, 0.1) is 22.5 Å². The Bertz CT molecular complexity index is 598. The van der Waals surface area contributed by atoms with E-state index in [0.717, 1.165) is 5.69 Å². The zero-order valence-corrected chi connectivity index (χ0v) is 11.3. The van der Waals surface area contributed by atoms with Crippen molar-refractivity contribution in [3.05, 3.63) is 46.9 Å². The molecule has 2 aromatic heterocycles. The van der Waals surface area contributed by atoms with Crippen LogP contribution in [0.4, 0.5) is 11.5 Å². The summed E-state index contributed by atoms with van der Waals surface area (Å²) in [5, 5.41) is 5.90. The number of rotatable bonds is 3. The highest BCUT2D eigenvalue weighted by atomic mass is 35.5. The molecule has 0 fully saturated rings. The van der Waals surface area contributed by atoms with Crippen molar-refractivity contribution in [3.8, 4) is 0 Å². The predicted octanol–water partition coefficient (Wildman–Crippen LogP) is 2.73. The third kappa shape index (κ3) is 3.20. The highest BCUT2D eigenvalue weighted by Crippen LogP contribution is 2.19. The van der Waals surface area contributed by atoms with Crippen LogP contribution in [-0.2, 0) is 0 Å². The van der Waals surface area contributed by atoms with E-state index in [1.54, 1.807) is 25.4 Å². The van der Waals surface area contributed by atoms with Gasteiger partial charge in [-0.2, -0.15) is 0 Å². The number of aryl methyl sites for hydroxylation is 1. The Balaban J connectivity index is 2.22. The molecule has 0 saturated carbocycles. The van der Waals surface area contributed by atoms with E-state index < -0.39 is 0 Å². The Labute approximate surface area is 116 Å². The molecule has 0 aliphatic heterocycles. The molecule has 6 heteroatoms. The summed E-state index contributed by atoms with van der Waals surface area (Å²) in [5.41, 5.74) is 1.87. The second-order valence-electron chi connectivity index (χ2n) is 3.94. The number of carbonyl (C=O) groups is 1. The third-order valence-corrected chi connectivity index (χ3v) is 2.83. The predicted molar refractivity (Wildman–Crippen MR) is 75.7 cm³/mol. The van der Waals surface area contributed by atoms with Gasteiger partial charge in [0.15, 0.2) is 0 Å². The highest BCUT2D eigenvalue weighted by Gasteiger charge is 2.12. The van der Waals surface area contributed by atoms with Crippen LogP contribution >= 0.6 is 11.6 Å². The van der Waals surface area contributed by atoms with Gasteiger partial charge in [-0.3, -0.25) is 9.78 Å². The van der Waals surface area contributed by atoms with E-state index in [2.05, 4.69) is 20.6 Å². The normalized spacial score (nSPS) is 10.1. The van der Waals surface area contributed by atoms with Crippen molar-refractivity contribution >= 4 is 29.0 Å². The van der Waals surface area contributed by atoms with Crippen molar-refractivity contribution in [1.29, 1.82) is 0 Å². The van der Waals surface area contributed by atoms with Crippen LogP contribution in [0.1, 0.15) is 16.1 Å². The number of nitrogens with one attached hydrogen (secondary N) is 2. The molecule has 0 bridgehead atoms. The maximum atomic E-state index is 12.1. The molecule has 0 unspecified atom stereocenters. The zero-order chi connectivity index (χ0) is 13.8. The minimum Gasteiger partial charge on any atom is -0.373 e. The van der Waals surface area contributed by atoms with Crippen molar-refractivity contribution in [2.45, 2.75) is 6.92 Å². The summed E-state index contributed by atoms with van der Waals surface area (Å²) < 4.78 is 0. The van der Waals surface area contributed by atoms with Gasteiger partial charge in [-0.25, -0.2) is 4.98 Å². The number of hydrogen-bond acceptors (Lipinski definition) is 4. The molecule has 0 radical (unpaired) electrons. The number of carbonyl (C=O) groups excluding carboxylic acids is 1. The fourth-order valence-electron chi connectivity index (χ4n) is 1.49. The average Bonchev–Trinajstić information content (AvgIpc) is 2.42. The lowest BCUT2D eigenvalue weighted by atomic mass is 10.2. The van der Waals surface area contributed by atoms with Crippen molar-refractivity contribution in [2.24, 2.45) is 0 Å². The van der Waals surface area contributed by atoms with Gasteiger partial charge in [0, 0.05) is 18.9 Å². The van der Waals surface area contributed by atoms with E-state index in [1.165, 1.54) is 6.20 Å². The Hall–Kier alpha value is -2.14. The van der Waals surface area contributed by atoms with Crippen molar-refractivity contribution in [3.63, 3.8) is 0 Å². The van der Waals surface area contributed by atoms with Crippen LogP contribution in [0.5, 0.6) is 0 Å². The van der Waals surface area contributed by atoms with Crippen molar-refractivity contribution in [1.82, 2.24) is 9.97 Å². The van der Waals surface area contributed by atoms with Gasteiger partial charge in [-0.05, 0) is 25.1 Å². The summed E-state index contributed by atoms with van der Waals surface area (Å²) in [5.74, 6) is 0.283. The van der Waals surface area contributed by atoms with E-state index in [9.17, 15) is 4.79 Å². The van der Waals surface area contributed by atoms with Gasteiger partial charge in [-0.1, -0.05) is 11.6 Å². The van der Waals surface area contributed by atoms with E-state index in [0.29, 0.717) is 22.1 Å². The van der Waals surface area contributed by atoms with E-state index in [4.69, 9.17) is 11.6 Å². The SMILES string of the molecule is CNc1cc(C(=O)Nc2ccc(C)nc2)c(Cl)cn1. The van der Waals surface area contributed by atoms with Crippen LogP contribution in [0.2, 0.25) is 5.02 Å². The molecular weight excluding hydrogens is 264 g/mol. The molecule has 0 spiro atoms. The molecule has 0 atom stereocenters. The lowest BCUT2D eigenvalue weighted by molar-refractivity contribution is 0.102. The Morgan fingerprint density at radius 2 is 2.05 bits per heavy atom. The first-order valence-electron chi connectivity index (χ1n) is 5.67. The van der Waals surface area contributed by atoms with Crippen molar-refractivity contribution in [2.75, 3.05) is 17.7 Å². The number of amides is 1. The number of halogens is 1. The van der Waals surface area contributed by atoms with E-state index in [-0.39, 0.29) is 5.91 Å². The number of aromatic nitrogens is 2. The largest absolute Gasteiger partial charge is 0.373 e. The zero-order valence-electron chi connectivity index (χ0n) is 10.6. The summed E-state index contributed by atoms with van der Waals surface area (Å²) >= 11 is 5.97. The van der Waals surface area contributed by atoms with E-state index in [1.807, 2.05) is 13.0 Å². The monoisotopic (exact) mass is 276 g/mol. The van der Waals surface area contributed by atoms with E-state index >= 15 is 0 Å². The van der Waals surface area contributed by atoms with Gasteiger partial charge in [0.2, 0.25) is 0 Å². The number of nitrogens with zero attached hydrogens (tertiary/aromatic N) is 2. The summed E-state index contributed by atoms with van der Waals surface area (Å²) in [4.78, 5) is 20.2. The molecule has 0 aliphatic rings. The molecule has 5 nitrogen and oxygen atoms in total. The smallest absolute Gasteiger partial charge is 0.257 e. The standard InChI is InChI=1S/C13H13ClN4O/c1-8-3-4-9(6-16-8)18-13(19)10-5-12(15-2)17-7-11(10)14/h3-7H,1-2H3,(H,15,17)(H,18,19).